The van der Waals surface area contributed by atoms with E-state index < -0.39 is 0 Å². The molecule has 3 heterocycles. The molecule has 0 atom stereocenters. The van der Waals surface area contributed by atoms with Gasteiger partial charge in [0.25, 0.3) is 0 Å². The summed E-state index contributed by atoms with van der Waals surface area (Å²) in [4.78, 5) is 9.30. The second-order valence-electron chi connectivity index (χ2n) is 8.64. The molecule has 1 aromatic heterocycles. The Morgan fingerprint density at radius 3 is 2.55 bits per heavy atom. The fraction of sp³-hybridized carbons (Fsp3) is 0.391. The number of piperazine rings is 1. The van der Waals surface area contributed by atoms with E-state index in [1.54, 1.807) is 23.1 Å². The number of nitrogens with zero attached hydrogens (tertiary/aromatic N) is 5. The molecule has 0 spiro atoms. The molecular weight excluding hydrogens is 395 g/mol. The van der Waals surface area contributed by atoms with Crippen molar-refractivity contribution in [3.8, 4) is 5.69 Å². The Bertz CT molecular complexity index is 1070. The highest BCUT2D eigenvalue weighted by Gasteiger charge is 2.40. The van der Waals surface area contributed by atoms with Gasteiger partial charge in [-0.2, -0.15) is 4.98 Å². The van der Waals surface area contributed by atoms with Crippen molar-refractivity contribution in [2.75, 3.05) is 49.6 Å². The standard InChI is InChI=1S/C23H27FN6O/c1-17-10-19(26-22-25-16-30(27-22)20-5-3-4-18(24)12-20)13-21(11-17)28-6-8-29(9-7-28)23(2)14-31-15-23/h3-5,10-13,16H,6-9,14-15H2,1-2H3,(H,26,27). The number of anilines is 3. The van der Waals surface area contributed by atoms with E-state index in [-0.39, 0.29) is 11.4 Å². The largest absolute Gasteiger partial charge is 0.377 e. The molecule has 2 aromatic carbocycles. The van der Waals surface area contributed by atoms with Crippen LogP contribution in [-0.2, 0) is 4.74 Å². The minimum Gasteiger partial charge on any atom is -0.377 e. The Balaban J connectivity index is 1.28. The molecule has 2 saturated heterocycles. The molecule has 8 heteroatoms. The van der Waals surface area contributed by atoms with Crippen LogP contribution in [0.25, 0.3) is 5.69 Å². The first-order chi connectivity index (χ1) is 15.0. The van der Waals surface area contributed by atoms with Crippen molar-refractivity contribution in [1.82, 2.24) is 19.7 Å². The van der Waals surface area contributed by atoms with Gasteiger partial charge in [0.1, 0.15) is 12.1 Å². The third-order valence-corrected chi connectivity index (χ3v) is 6.12. The number of rotatable bonds is 5. The molecular formula is C23H27FN6O. The first-order valence-electron chi connectivity index (χ1n) is 10.6. The molecule has 2 aliphatic heterocycles. The Hall–Kier alpha value is -2.97. The zero-order chi connectivity index (χ0) is 21.4. The van der Waals surface area contributed by atoms with Gasteiger partial charge in [-0.05, 0) is 55.8 Å². The number of hydrogen-bond acceptors (Lipinski definition) is 6. The van der Waals surface area contributed by atoms with Crippen LogP contribution in [0.4, 0.5) is 21.7 Å². The summed E-state index contributed by atoms with van der Waals surface area (Å²) >= 11 is 0. The van der Waals surface area contributed by atoms with Crippen LogP contribution >= 0.6 is 0 Å². The molecule has 31 heavy (non-hydrogen) atoms. The Morgan fingerprint density at radius 1 is 1.03 bits per heavy atom. The molecule has 0 bridgehead atoms. The summed E-state index contributed by atoms with van der Waals surface area (Å²) in [5.74, 6) is 0.174. The van der Waals surface area contributed by atoms with Crippen molar-refractivity contribution >= 4 is 17.3 Å². The molecule has 5 rings (SSSR count). The molecule has 162 valence electrons. The van der Waals surface area contributed by atoms with Crippen LogP contribution in [-0.4, -0.2) is 64.6 Å². The molecule has 0 saturated carbocycles. The summed E-state index contributed by atoms with van der Waals surface area (Å²) in [5.41, 5.74) is 4.15. The normalized spacial score (nSPS) is 18.6. The smallest absolute Gasteiger partial charge is 0.246 e. The van der Waals surface area contributed by atoms with Crippen molar-refractivity contribution < 1.29 is 9.13 Å². The van der Waals surface area contributed by atoms with Crippen LogP contribution < -0.4 is 10.2 Å². The van der Waals surface area contributed by atoms with Gasteiger partial charge in [-0.1, -0.05) is 6.07 Å². The van der Waals surface area contributed by atoms with Crippen LogP contribution in [0, 0.1) is 12.7 Å². The third-order valence-electron chi connectivity index (χ3n) is 6.12. The zero-order valence-corrected chi connectivity index (χ0v) is 17.9. The number of benzene rings is 2. The van der Waals surface area contributed by atoms with Crippen LogP contribution in [0.15, 0.2) is 48.8 Å². The predicted molar refractivity (Wildman–Crippen MR) is 119 cm³/mol. The SMILES string of the molecule is Cc1cc(Nc2ncn(-c3cccc(F)c3)n2)cc(N2CCN(C3(C)COC3)CC2)c1. The lowest BCUT2D eigenvalue weighted by Crippen LogP contribution is -2.64. The quantitative estimate of drug-likeness (QED) is 0.680. The fourth-order valence-electron chi connectivity index (χ4n) is 4.29. The molecule has 0 amide bonds. The average Bonchev–Trinajstić information content (AvgIpc) is 3.20. The highest BCUT2D eigenvalue weighted by molar-refractivity contribution is 5.64. The van der Waals surface area contributed by atoms with E-state index in [1.807, 2.05) is 0 Å². The Labute approximate surface area is 181 Å². The summed E-state index contributed by atoms with van der Waals surface area (Å²) < 4.78 is 20.5. The maximum Gasteiger partial charge on any atom is 0.246 e. The Morgan fingerprint density at radius 2 is 1.84 bits per heavy atom. The number of aromatic nitrogens is 3. The Kier molecular flexibility index (Phi) is 5.11. The van der Waals surface area contributed by atoms with Gasteiger partial charge in [0.2, 0.25) is 5.95 Å². The minimum absolute atomic E-state index is 0.206. The second-order valence-corrected chi connectivity index (χ2v) is 8.64. The van der Waals surface area contributed by atoms with Crippen molar-refractivity contribution in [2.24, 2.45) is 0 Å². The van der Waals surface area contributed by atoms with E-state index in [0.29, 0.717) is 11.6 Å². The highest BCUT2D eigenvalue weighted by Crippen LogP contribution is 2.29. The van der Waals surface area contributed by atoms with Gasteiger partial charge in [-0.15, -0.1) is 5.10 Å². The molecule has 1 N–H and O–H groups in total. The zero-order valence-electron chi connectivity index (χ0n) is 17.9. The van der Waals surface area contributed by atoms with Crippen LogP contribution in [0.3, 0.4) is 0 Å². The second kappa shape index (κ2) is 7.94. The summed E-state index contributed by atoms with van der Waals surface area (Å²) in [6.45, 7) is 10.1. The van der Waals surface area contributed by atoms with E-state index in [4.69, 9.17) is 4.74 Å². The highest BCUT2D eigenvalue weighted by atomic mass is 19.1. The molecule has 2 aliphatic rings. The number of hydrogen-bond donors (Lipinski definition) is 1. The molecule has 0 unspecified atom stereocenters. The molecule has 0 radical (unpaired) electrons. The van der Waals surface area contributed by atoms with Gasteiger partial charge >= 0.3 is 0 Å². The first-order valence-corrected chi connectivity index (χ1v) is 10.6. The third kappa shape index (κ3) is 4.13. The van der Waals surface area contributed by atoms with Gasteiger partial charge in [0, 0.05) is 37.6 Å². The van der Waals surface area contributed by atoms with E-state index in [9.17, 15) is 4.39 Å². The first kappa shape index (κ1) is 20.0. The van der Waals surface area contributed by atoms with Crippen molar-refractivity contribution in [2.45, 2.75) is 19.4 Å². The summed E-state index contributed by atoms with van der Waals surface area (Å²) in [7, 11) is 0. The number of nitrogens with one attached hydrogen (secondary N) is 1. The van der Waals surface area contributed by atoms with Gasteiger partial charge in [-0.25, -0.2) is 9.07 Å². The van der Waals surface area contributed by atoms with Gasteiger partial charge in [0.15, 0.2) is 0 Å². The van der Waals surface area contributed by atoms with Crippen LogP contribution in [0.1, 0.15) is 12.5 Å². The lowest BCUT2D eigenvalue weighted by molar-refractivity contribution is -0.131. The van der Waals surface area contributed by atoms with Crippen LogP contribution in [0.5, 0.6) is 0 Å². The lowest BCUT2D eigenvalue weighted by Gasteiger charge is -2.50. The number of halogens is 1. The number of aryl methyl sites for hydroxylation is 1. The minimum atomic E-state index is -0.301. The number of ether oxygens (including phenoxy) is 1. The van der Waals surface area contributed by atoms with Crippen molar-refractivity contribution in [3.63, 3.8) is 0 Å². The van der Waals surface area contributed by atoms with Gasteiger partial charge < -0.3 is 15.0 Å². The summed E-state index contributed by atoms with van der Waals surface area (Å²) in [6, 6.07) is 12.7. The van der Waals surface area contributed by atoms with E-state index in [2.05, 4.69) is 57.2 Å². The topological polar surface area (TPSA) is 58.5 Å². The average molecular weight is 423 g/mol. The maximum atomic E-state index is 13.5. The van der Waals surface area contributed by atoms with Crippen molar-refractivity contribution in [3.05, 3.63) is 60.2 Å². The van der Waals surface area contributed by atoms with Crippen LogP contribution in [0.2, 0.25) is 0 Å². The molecule has 2 fully saturated rings. The van der Waals surface area contributed by atoms with Gasteiger partial charge in [0.05, 0.1) is 24.4 Å². The van der Waals surface area contributed by atoms with Gasteiger partial charge in [-0.3, -0.25) is 4.90 Å². The fourth-order valence-corrected chi connectivity index (χ4v) is 4.29. The predicted octanol–water partition coefficient (Wildman–Crippen LogP) is 3.37. The maximum absolute atomic E-state index is 13.5. The van der Waals surface area contributed by atoms with E-state index in [0.717, 1.165) is 45.1 Å². The monoisotopic (exact) mass is 422 g/mol. The molecule has 7 nitrogen and oxygen atoms in total. The summed E-state index contributed by atoms with van der Waals surface area (Å²) in [5, 5.41) is 7.73. The molecule has 0 aliphatic carbocycles. The molecule has 3 aromatic rings. The van der Waals surface area contributed by atoms with E-state index >= 15 is 0 Å². The summed E-state index contributed by atoms with van der Waals surface area (Å²) in [6.07, 6.45) is 1.58. The lowest BCUT2D eigenvalue weighted by atomic mass is 9.97. The van der Waals surface area contributed by atoms with Crippen molar-refractivity contribution in [1.29, 1.82) is 0 Å². The van der Waals surface area contributed by atoms with E-state index in [1.165, 1.54) is 23.4 Å².